The third-order valence-electron chi connectivity index (χ3n) is 3.17. The molecule has 0 fully saturated rings. The van der Waals surface area contributed by atoms with E-state index in [2.05, 4.69) is 17.4 Å². The second-order valence-electron chi connectivity index (χ2n) is 4.35. The van der Waals surface area contributed by atoms with Gasteiger partial charge in [-0.1, -0.05) is 36.4 Å². The zero-order valence-corrected chi connectivity index (χ0v) is 10.1. The van der Waals surface area contributed by atoms with Gasteiger partial charge in [-0.15, -0.1) is 0 Å². The van der Waals surface area contributed by atoms with Crippen molar-refractivity contribution in [2.45, 2.75) is 6.04 Å². The van der Waals surface area contributed by atoms with E-state index in [1.165, 1.54) is 11.1 Å². The van der Waals surface area contributed by atoms with Crippen LogP contribution in [0.4, 0.5) is 0 Å². The second kappa shape index (κ2) is 4.80. The molecule has 1 aliphatic heterocycles. The van der Waals surface area contributed by atoms with Crippen molar-refractivity contribution in [1.82, 2.24) is 5.32 Å². The second-order valence-corrected chi connectivity index (χ2v) is 4.35. The first-order valence-electron chi connectivity index (χ1n) is 6.19. The molecule has 0 amide bonds. The van der Waals surface area contributed by atoms with Gasteiger partial charge in [0.1, 0.15) is 11.5 Å². The minimum atomic E-state index is 0.162. The summed E-state index contributed by atoms with van der Waals surface area (Å²) in [6.07, 6.45) is 0. The molecule has 3 rings (SSSR count). The SMILES string of the molecule is NCCNC1c2ccccc2Oc2ccccc21. The van der Waals surface area contributed by atoms with Crippen molar-refractivity contribution < 1.29 is 4.74 Å². The van der Waals surface area contributed by atoms with Crippen LogP contribution in [0.5, 0.6) is 11.5 Å². The van der Waals surface area contributed by atoms with Gasteiger partial charge in [-0.05, 0) is 12.1 Å². The van der Waals surface area contributed by atoms with Crippen molar-refractivity contribution >= 4 is 0 Å². The van der Waals surface area contributed by atoms with Gasteiger partial charge in [0.15, 0.2) is 0 Å². The molecule has 0 saturated carbocycles. The molecule has 0 radical (unpaired) electrons. The molecule has 92 valence electrons. The van der Waals surface area contributed by atoms with Crippen LogP contribution >= 0.6 is 0 Å². The molecule has 1 aliphatic rings. The fourth-order valence-corrected chi connectivity index (χ4v) is 2.36. The number of ether oxygens (including phenoxy) is 1. The van der Waals surface area contributed by atoms with Crippen molar-refractivity contribution in [3.05, 3.63) is 59.7 Å². The molecule has 1 heterocycles. The Morgan fingerprint density at radius 3 is 2.06 bits per heavy atom. The first kappa shape index (κ1) is 11.3. The summed E-state index contributed by atoms with van der Waals surface area (Å²) in [6.45, 7) is 1.41. The highest BCUT2D eigenvalue weighted by molar-refractivity contribution is 5.52. The number of para-hydroxylation sites is 2. The Morgan fingerprint density at radius 2 is 1.50 bits per heavy atom. The van der Waals surface area contributed by atoms with Gasteiger partial charge < -0.3 is 15.8 Å². The van der Waals surface area contributed by atoms with Gasteiger partial charge >= 0.3 is 0 Å². The molecule has 3 N–H and O–H groups in total. The maximum Gasteiger partial charge on any atom is 0.132 e. The van der Waals surface area contributed by atoms with Crippen LogP contribution in [0.1, 0.15) is 17.2 Å². The average molecular weight is 240 g/mol. The normalized spacial score (nSPS) is 13.6. The number of nitrogens with one attached hydrogen (secondary N) is 1. The first-order valence-corrected chi connectivity index (χ1v) is 6.19. The van der Waals surface area contributed by atoms with Crippen LogP contribution in [0.15, 0.2) is 48.5 Å². The van der Waals surface area contributed by atoms with Crippen LogP contribution in [0, 0.1) is 0 Å². The highest BCUT2D eigenvalue weighted by Gasteiger charge is 2.25. The van der Waals surface area contributed by atoms with Gasteiger partial charge in [0.25, 0.3) is 0 Å². The Bertz CT molecular complexity index is 508. The van der Waals surface area contributed by atoms with E-state index in [1.807, 2.05) is 36.4 Å². The molecule has 2 aromatic carbocycles. The molecule has 2 aromatic rings. The fraction of sp³-hybridized carbons (Fsp3) is 0.200. The third kappa shape index (κ3) is 1.88. The number of hydrogen-bond acceptors (Lipinski definition) is 3. The van der Waals surface area contributed by atoms with E-state index in [1.54, 1.807) is 0 Å². The van der Waals surface area contributed by atoms with Crippen molar-refractivity contribution in [2.24, 2.45) is 5.73 Å². The van der Waals surface area contributed by atoms with Crippen molar-refractivity contribution in [1.29, 1.82) is 0 Å². The average Bonchev–Trinajstić information content (AvgIpc) is 2.43. The summed E-state index contributed by atoms with van der Waals surface area (Å²) in [6, 6.07) is 16.4. The lowest BCUT2D eigenvalue weighted by molar-refractivity contribution is 0.429. The summed E-state index contributed by atoms with van der Waals surface area (Å²) >= 11 is 0. The molecule has 0 spiro atoms. The Morgan fingerprint density at radius 1 is 0.944 bits per heavy atom. The summed E-state index contributed by atoms with van der Waals surface area (Å²) in [5.74, 6) is 1.84. The summed E-state index contributed by atoms with van der Waals surface area (Å²) < 4.78 is 5.92. The van der Waals surface area contributed by atoms with E-state index in [0.29, 0.717) is 6.54 Å². The maximum atomic E-state index is 5.92. The zero-order chi connectivity index (χ0) is 12.4. The van der Waals surface area contributed by atoms with E-state index < -0.39 is 0 Å². The Kier molecular flexibility index (Phi) is 3.00. The van der Waals surface area contributed by atoms with Crippen molar-refractivity contribution in [3.63, 3.8) is 0 Å². The molecule has 0 unspecified atom stereocenters. The van der Waals surface area contributed by atoms with Crippen LogP contribution in [0.2, 0.25) is 0 Å². The number of nitrogens with two attached hydrogens (primary N) is 1. The minimum absolute atomic E-state index is 0.162. The lowest BCUT2D eigenvalue weighted by Gasteiger charge is -2.28. The highest BCUT2D eigenvalue weighted by Crippen LogP contribution is 2.42. The van der Waals surface area contributed by atoms with Crippen molar-refractivity contribution in [3.8, 4) is 11.5 Å². The standard InChI is InChI=1S/C15H16N2O/c16-9-10-17-15-11-5-1-3-7-13(11)18-14-8-4-2-6-12(14)15/h1-8,15,17H,9-10,16H2. The van der Waals surface area contributed by atoms with E-state index in [9.17, 15) is 0 Å². The number of hydrogen-bond donors (Lipinski definition) is 2. The van der Waals surface area contributed by atoms with Gasteiger partial charge in [-0.3, -0.25) is 0 Å². The van der Waals surface area contributed by atoms with Crippen LogP contribution in [0.3, 0.4) is 0 Å². The van der Waals surface area contributed by atoms with Gasteiger partial charge in [-0.2, -0.15) is 0 Å². The molecule has 0 bridgehead atoms. The summed E-state index contributed by atoms with van der Waals surface area (Å²) in [5, 5.41) is 3.48. The molecule has 3 heteroatoms. The van der Waals surface area contributed by atoms with E-state index in [0.717, 1.165) is 18.0 Å². The fourth-order valence-electron chi connectivity index (χ4n) is 2.36. The van der Waals surface area contributed by atoms with Gasteiger partial charge in [0.05, 0.1) is 6.04 Å². The topological polar surface area (TPSA) is 47.3 Å². The molecule has 3 nitrogen and oxygen atoms in total. The number of fused-ring (bicyclic) bond motifs is 2. The van der Waals surface area contributed by atoms with Crippen LogP contribution in [-0.4, -0.2) is 13.1 Å². The highest BCUT2D eigenvalue weighted by atomic mass is 16.5. The lowest BCUT2D eigenvalue weighted by atomic mass is 9.94. The summed E-state index contributed by atoms with van der Waals surface area (Å²) in [7, 11) is 0. The zero-order valence-electron chi connectivity index (χ0n) is 10.1. The Hall–Kier alpha value is -1.84. The quantitative estimate of drug-likeness (QED) is 0.866. The van der Waals surface area contributed by atoms with Gasteiger partial charge in [0, 0.05) is 24.2 Å². The van der Waals surface area contributed by atoms with Gasteiger partial charge in [0.2, 0.25) is 0 Å². The van der Waals surface area contributed by atoms with E-state index >= 15 is 0 Å². The minimum Gasteiger partial charge on any atom is -0.457 e. The molecule has 0 atom stereocenters. The smallest absolute Gasteiger partial charge is 0.132 e. The molecule has 18 heavy (non-hydrogen) atoms. The lowest BCUT2D eigenvalue weighted by Crippen LogP contribution is -2.29. The predicted molar refractivity (Wildman–Crippen MR) is 71.9 cm³/mol. The maximum absolute atomic E-state index is 5.92. The third-order valence-corrected chi connectivity index (χ3v) is 3.17. The van der Waals surface area contributed by atoms with Crippen molar-refractivity contribution in [2.75, 3.05) is 13.1 Å². The molecule has 0 aliphatic carbocycles. The van der Waals surface area contributed by atoms with Crippen LogP contribution in [0.25, 0.3) is 0 Å². The number of rotatable bonds is 3. The Labute approximate surface area is 107 Å². The van der Waals surface area contributed by atoms with Gasteiger partial charge in [-0.25, -0.2) is 0 Å². The van der Waals surface area contributed by atoms with E-state index in [-0.39, 0.29) is 6.04 Å². The predicted octanol–water partition coefficient (Wildman–Crippen LogP) is 2.43. The molecule has 0 saturated heterocycles. The van der Waals surface area contributed by atoms with E-state index in [4.69, 9.17) is 10.5 Å². The molecular weight excluding hydrogens is 224 g/mol. The first-order chi connectivity index (χ1) is 8.90. The molecule has 0 aromatic heterocycles. The Balaban J connectivity index is 2.05. The summed E-state index contributed by atoms with van der Waals surface area (Å²) in [5.41, 5.74) is 7.93. The summed E-state index contributed by atoms with van der Waals surface area (Å²) in [4.78, 5) is 0. The van der Waals surface area contributed by atoms with Crippen LogP contribution in [-0.2, 0) is 0 Å². The molecular formula is C15H16N2O. The largest absolute Gasteiger partial charge is 0.457 e. The van der Waals surface area contributed by atoms with Crippen LogP contribution < -0.4 is 15.8 Å². The number of benzene rings is 2. The monoisotopic (exact) mass is 240 g/mol.